The molecular weight excluding hydrogens is 523 g/mol. The molecule has 2 aromatic heterocycles. The summed E-state index contributed by atoms with van der Waals surface area (Å²) in [5, 5.41) is 0. The molecule has 0 aliphatic carbocycles. The third-order valence-corrected chi connectivity index (χ3v) is 6.77. The molecule has 2 saturated heterocycles. The van der Waals surface area contributed by atoms with Crippen molar-refractivity contribution in [3.63, 3.8) is 0 Å². The normalized spacial score (nSPS) is 17.7. The number of rotatable bonds is 6. The van der Waals surface area contributed by atoms with Crippen molar-refractivity contribution in [3.05, 3.63) is 24.0 Å². The number of methoxy groups -OCH3 is 1. The van der Waals surface area contributed by atoms with Gasteiger partial charge in [-0.1, -0.05) is 6.07 Å². The number of morpholine rings is 1. The predicted molar refractivity (Wildman–Crippen MR) is 126 cm³/mol. The van der Waals surface area contributed by atoms with E-state index in [0.29, 0.717) is 37.6 Å². The lowest BCUT2D eigenvalue weighted by atomic mass is 10.3. The Morgan fingerprint density at radius 1 is 0.892 bits per heavy atom. The van der Waals surface area contributed by atoms with Crippen molar-refractivity contribution in [2.24, 2.45) is 0 Å². The number of nitrogens with zero attached hydrogens (tertiary/aromatic N) is 8. The number of hydrogen-bond acceptors (Lipinski definition) is 10. The van der Waals surface area contributed by atoms with E-state index in [2.05, 4.69) is 19.9 Å². The van der Waals surface area contributed by atoms with Crippen LogP contribution >= 0.6 is 11.9 Å². The Hall–Kier alpha value is -2.98. The molecule has 0 saturated carbocycles. The molecule has 0 bridgehead atoms. The zero-order valence-electron chi connectivity index (χ0n) is 19.7. The molecule has 0 spiro atoms. The summed E-state index contributed by atoms with van der Waals surface area (Å²) in [6.07, 6.45) is -2.94. The lowest BCUT2D eigenvalue weighted by Crippen LogP contribution is -2.45. The van der Waals surface area contributed by atoms with Crippen LogP contribution in [0.5, 0.6) is 5.75 Å². The molecule has 0 atom stereocenters. The molecule has 0 amide bonds. The van der Waals surface area contributed by atoms with Gasteiger partial charge in [-0.15, -0.1) is 0 Å². The van der Waals surface area contributed by atoms with Crippen LogP contribution in [0.25, 0.3) is 17.0 Å². The van der Waals surface area contributed by atoms with Gasteiger partial charge in [-0.05, 0) is 12.1 Å². The van der Waals surface area contributed by atoms with Gasteiger partial charge in [0.05, 0.1) is 25.8 Å². The first kappa shape index (κ1) is 25.7. The summed E-state index contributed by atoms with van der Waals surface area (Å²) in [6, 6.07) is 4.88. The summed E-state index contributed by atoms with van der Waals surface area (Å²) in [7, 11) is 1.42. The minimum atomic E-state index is -4.37. The Labute approximate surface area is 212 Å². The fourth-order valence-electron chi connectivity index (χ4n) is 4.23. The highest BCUT2D eigenvalue weighted by Crippen LogP contribution is 2.35. The minimum absolute atomic E-state index is 0.0651. The highest BCUT2D eigenvalue weighted by atomic mass is 32.2. The quantitative estimate of drug-likeness (QED) is 0.339. The number of benzene rings is 1. The third kappa shape index (κ3) is 5.50. The van der Waals surface area contributed by atoms with Gasteiger partial charge in [0.1, 0.15) is 11.3 Å². The second-order valence-corrected chi connectivity index (χ2v) is 9.38. The molecule has 37 heavy (non-hydrogen) atoms. The largest absolute Gasteiger partial charge is 0.494 e. The summed E-state index contributed by atoms with van der Waals surface area (Å²) in [5.74, 6) is 0.146. The minimum Gasteiger partial charge on any atom is -0.494 e. The van der Waals surface area contributed by atoms with Crippen LogP contribution in [0, 0.1) is 0 Å². The number of anilines is 2. The first-order valence-electron chi connectivity index (χ1n) is 11.4. The SMILES string of the molecule is COc1cccc2c1nc(C(F)F)n2-c1nc(N2CCOCC2)nc(N2CCN(SC(F)(F)F)CC2)n1. The van der Waals surface area contributed by atoms with Gasteiger partial charge >= 0.3 is 5.51 Å². The number of ether oxygens (including phenoxy) is 2. The number of imidazole rings is 1. The first-order chi connectivity index (χ1) is 17.7. The monoisotopic (exact) mass is 546 g/mol. The van der Waals surface area contributed by atoms with E-state index in [1.165, 1.54) is 16.0 Å². The van der Waals surface area contributed by atoms with Crippen LogP contribution < -0.4 is 14.5 Å². The maximum Gasteiger partial charge on any atom is 0.456 e. The van der Waals surface area contributed by atoms with Crippen LogP contribution in [-0.2, 0) is 4.74 Å². The number of hydrogen-bond donors (Lipinski definition) is 0. The second-order valence-electron chi connectivity index (χ2n) is 8.22. The van der Waals surface area contributed by atoms with E-state index in [-0.39, 0.29) is 61.5 Å². The number of piperazine rings is 1. The smallest absolute Gasteiger partial charge is 0.456 e. The Bertz CT molecular complexity index is 1250. The molecule has 3 aromatic rings. The van der Waals surface area contributed by atoms with Crippen LogP contribution in [0.4, 0.5) is 33.8 Å². The van der Waals surface area contributed by atoms with Gasteiger partial charge in [0.2, 0.25) is 17.8 Å². The topological polar surface area (TPSA) is 84.7 Å². The average Bonchev–Trinajstić information content (AvgIpc) is 3.29. The summed E-state index contributed by atoms with van der Waals surface area (Å²) in [6.45, 7) is 2.52. The lowest BCUT2D eigenvalue weighted by Gasteiger charge is -2.34. The molecule has 4 heterocycles. The van der Waals surface area contributed by atoms with Crippen LogP contribution in [0.3, 0.4) is 0 Å². The molecule has 0 radical (unpaired) electrons. The van der Waals surface area contributed by atoms with Crippen LogP contribution in [0.2, 0.25) is 0 Å². The van der Waals surface area contributed by atoms with Crippen molar-refractivity contribution in [1.82, 2.24) is 28.8 Å². The Kier molecular flexibility index (Phi) is 7.22. The van der Waals surface area contributed by atoms with E-state index in [1.807, 2.05) is 4.90 Å². The third-order valence-electron chi connectivity index (χ3n) is 5.94. The first-order valence-corrected chi connectivity index (χ1v) is 12.2. The highest BCUT2D eigenvalue weighted by molar-refractivity contribution is 7.97. The molecule has 0 unspecified atom stereocenters. The van der Waals surface area contributed by atoms with Crippen molar-refractivity contribution in [2.45, 2.75) is 11.9 Å². The van der Waals surface area contributed by atoms with Crippen molar-refractivity contribution < 1.29 is 31.4 Å². The van der Waals surface area contributed by atoms with E-state index in [0.717, 1.165) is 0 Å². The van der Waals surface area contributed by atoms with Gasteiger partial charge < -0.3 is 19.3 Å². The standard InChI is InChI=1S/C21H23F5N8O2S/c1-35-14-4-2-3-13-15(14)27-17(16(22)23)34(13)20-29-18(28-19(30-20)32-9-11-36-12-10-32)31-5-7-33(8-6-31)37-21(24,25)26/h2-4,16H,5-12H2,1H3. The maximum atomic E-state index is 14.1. The number of para-hydroxylation sites is 1. The molecule has 1 aromatic carbocycles. The molecule has 10 nitrogen and oxygen atoms in total. The molecule has 2 fully saturated rings. The van der Waals surface area contributed by atoms with Gasteiger partial charge in [-0.25, -0.2) is 18.1 Å². The zero-order valence-corrected chi connectivity index (χ0v) is 20.5. The Balaban J connectivity index is 1.57. The average molecular weight is 547 g/mol. The summed E-state index contributed by atoms with van der Waals surface area (Å²) >= 11 is -0.164. The van der Waals surface area contributed by atoms with E-state index >= 15 is 0 Å². The molecule has 16 heteroatoms. The van der Waals surface area contributed by atoms with E-state index in [1.54, 1.807) is 23.1 Å². The van der Waals surface area contributed by atoms with Gasteiger partial charge in [-0.3, -0.25) is 4.57 Å². The Morgan fingerprint density at radius 3 is 2.11 bits per heavy atom. The fraction of sp³-hybridized carbons (Fsp3) is 0.524. The number of alkyl halides is 5. The van der Waals surface area contributed by atoms with Crippen LogP contribution in [-0.4, -0.2) is 93.9 Å². The number of aromatic nitrogens is 5. The second kappa shape index (κ2) is 10.4. The highest BCUT2D eigenvalue weighted by Gasteiger charge is 2.34. The number of halogens is 5. The summed E-state index contributed by atoms with van der Waals surface area (Å²) in [5.41, 5.74) is -3.82. The molecular formula is C21H23F5N8O2S. The zero-order chi connectivity index (χ0) is 26.2. The van der Waals surface area contributed by atoms with E-state index in [9.17, 15) is 22.0 Å². The van der Waals surface area contributed by atoms with Crippen LogP contribution in [0.1, 0.15) is 12.2 Å². The molecule has 5 rings (SSSR count). The molecule has 200 valence electrons. The summed E-state index contributed by atoms with van der Waals surface area (Å²) < 4.78 is 79.8. The molecule has 2 aliphatic heterocycles. The van der Waals surface area contributed by atoms with E-state index < -0.39 is 17.8 Å². The van der Waals surface area contributed by atoms with Gasteiger partial charge in [-0.2, -0.15) is 28.1 Å². The van der Waals surface area contributed by atoms with E-state index in [4.69, 9.17) is 9.47 Å². The van der Waals surface area contributed by atoms with Gasteiger partial charge in [0.15, 0.2) is 5.82 Å². The molecule has 0 N–H and O–H groups in total. The van der Waals surface area contributed by atoms with Gasteiger partial charge in [0, 0.05) is 51.2 Å². The summed E-state index contributed by atoms with van der Waals surface area (Å²) in [4.78, 5) is 21.3. The maximum absolute atomic E-state index is 14.1. The van der Waals surface area contributed by atoms with Crippen molar-refractivity contribution in [1.29, 1.82) is 0 Å². The Morgan fingerprint density at radius 2 is 1.51 bits per heavy atom. The van der Waals surface area contributed by atoms with Crippen molar-refractivity contribution in [3.8, 4) is 11.7 Å². The van der Waals surface area contributed by atoms with Gasteiger partial charge in [0.25, 0.3) is 6.43 Å². The predicted octanol–water partition coefficient (Wildman–Crippen LogP) is 3.28. The fourth-order valence-corrected chi connectivity index (χ4v) is 4.87. The lowest BCUT2D eigenvalue weighted by molar-refractivity contribution is -0.0363. The number of fused-ring (bicyclic) bond motifs is 1. The van der Waals surface area contributed by atoms with Crippen molar-refractivity contribution in [2.75, 3.05) is 69.4 Å². The van der Waals surface area contributed by atoms with Crippen molar-refractivity contribution >= 4 is 34.9 Å². The van der Waals surface area contributed by atoms with Crippen LogP contribution in [0.15, 0.2) is 18.2 Å². The molecule has 2 aliphatic rings.